The Morgan fingerprint density at radius 1 is 0.897 bits per heavy atom. The second-order valence-electron chi connectivity index (χ2n) is 17.6. The minimum atomic E-state index is -0.835. The van der Waals surface area contributed by atoms with E-state index in [0.29, 0.717) is 22.3 Å². The normalized spacial score (nSPS) is 17.0. The number of aliphatic imine (C=N–C) groups is 1. The molecule has 1 saturated heterocycles. The lowest BCUT2D eigenvalue weighted by molar-refractivity contribution is -0.142. The quantitative estimate of drug-likeness (QED) is 0.0964. The second-order valence-corrected chi connectivity index (χ2v) is 20.0. The first-order chi connectivity index (χ1) is 32.7. The summed E-state index contributed by atoms with van der Waals surface area (Å²) in [6.45, 7) is 12.5. The molecule has 1 fully saturated rings. The van der Waals surface area contributed by atoms with E-state index >= 15 is 0 Å². The van der Waals surface area contributed by atoms with E-state index in [1.54, 1.807) is 51.9 Å². The molecule has 4 aromatic heterocycles. The van der Waals surface area contributed by atoms with Crippen molar-refractivity contribution in [1.29, 1.82) is 0 Å². The van der Waals surface area contributed by atoms with E-state index in [-0.39, 0.29) is 56.1 Å². The summed E-state index contributed by atoms with van der Waals surface area (Å²) in [7, 11) is 0. The number of hydrogen-bond acceptors (Lipinski definition) is 12. The Labute approximate surface area is 406 Å². The Bertz CT molecular complexity index is 3010. The highest BCUT2D eigenvalue weighted by Gasteiger charge is 2.42. The molecular formula is C50H51ClN10O5S2. The topological polar surface area (TPSA) is 182 Å². The highest BCUT2D eigenvalue weighted by atomic mass is 35.5. The highest BCUT2D eigenvalue weighted by Crippen LogP contribution is 2.40. The Kier molecular flexibility index (Phi) is 13.4. The van der Waals surface area contributed by atoms with Crippen molar-refractivity contribution in [2.24, 2.45) is 10.9 Å². The van der Waals surface area contributed by atoms with Gasteiger partial charge in [-0.1, -0.05) is 74.0 Å². The Morgan fingerprint density at radius 3 is 2.28 bits per heavy atom. The summed E-state index contributed by atoms with van der Waals surface area (Å²) in [4.78, 5) is 54.7. The number of nitrogens with one attached hydrogen (secondary N) is 2. The number of thiophene rings is 1. The number of fused-ring (bicyclic) bond motifs is 3. The van der Waals surface area contributed by atoms with Crippen molar-refractivity contribution in [3.8, 4) is 26.9 Å². The van der Waals surface area contributed by atoms with Gasteiger partial charge >= 0.3 is 0 Å². The number of aromatic nitrogens is 6. The van der Waals surface area contributed by atoms with Crippen molar-refractivity contribution in [3.05, 3.63) is 146 Å². The Hall–Kier alpha value is -6.53. The van der Waals surface area contributed by atoms with E-state index < -0.39 is 24.2 Å². The molecule has 68 heavy (non-hydrogen) atoms. The molecule has 1 unspecified atom stereocenters. The lowest BCUT2D eigenvalue weighted by atomic mass is 9.99. The molecule has 0 radical (unpaired) electrons. The van der Waals surface area contributed by atoms with Crippen molar-refractivity contribution >= 4 is 57.7 Å². The molecule has 0 bridgehead atoms. The number of thiazole rings is 1. The van der Waals surface area contributed by atoms with Gasteiger partial charge in [-0.25, -0.2) is 4.98 Å². The average Bonchev–Trinajstić information content (AvgIpc) is 4.16. The van der Waals surface area contributed by atoms with E-state index in [9.17, 15) is 19.5 Å². The van der Waals surface area contributed by atoms with E-state index in [4.69, 9.17) is 21.3 Å². The van der Waals surface area contributed by atoms with E-state index in [0.717, 1.165) is 60.5 Å². The molecule has 7 aromatic rings. The van der Waals surface area contributed by atoms with Gasteiger partial charge in [-0.2, -0.15) is 5.10 Å². The van der Waals surface area contributed by atoms with Crippen LogP contribution in [0, 0.1) is 33.6 Å². The SMILES string of the molecule is Cc1ncsc1-c1ccc(CNC(=O)[C@@H]2C[C@@H](O)CN2C(=O)C(C(C)C)n2cc(Oc3ccc(CNC(=O)C[C@@H]4N=C(c5ccc(Cl)cc5)c5c(sc(C)c5C)-n5c(C)nnc54)cc3)cn2)cc1. The van der Waals surface area contributed by atoms with Crippen LogP contribution in [0.5, 0.6) is 11.5 Å². The van der Waals surface area contributed by atoms with Gasteiger partial charge in [-0.3, -0.25) is 28.6 Å². The van der Waals surface area contributed by atoms with Crippen molar-refractivity contribution in [2.45, 2.75) is 91.7 Å². The fourth-order valence-corrected chi connectivity index (χ4v) is 10.9. The summed E-state index contributed by atoms with van der Waals surface area (Å²) in [6.07, 6.45) is 2.56. The summed E-state index contributed by atoms with van der Waals surface area (Å²) in [5, 5.41) is 31.7. The molecule has 3 N–H and O–H groups in total. The summed E-state index contributed by atoms with van der Waals surface area (Å²) in [5.74, 6) is 1.25. The van der Waals surface area contributed by atoms with Gasteiger partial charge in [0.1, 0.15) is 34.7 Å². The van der Waals surface area contributed by atoms with Crippen LogP contribution in [-0.2, 0) is 27.5 Å². The van der Waals surface area contributed by atoms with Gasteiger partial charge in [-0.05, 0) is 80.1 Å². The van der Waals surface area contributed by atoms with Crippen LogP contribution in [0.15, 0.2) is 95.7 Å². The number of amides is 3. The first-order valence-corrected chi connectivity index (χ1v) is 24.5. The van der Waals surface area contributed by atoms with Gasteiger partial charge in [0.15, 0.2) is 11.6 Å². The molecule has 18 heteroatoms. The molecule has 3 aromatic carbocycles. The second kappa shape index (κ2) is 19.6. The molecule has 15 nitrogen and oxygen atoms in total. The maximum absolute atomic E-state index is 14.2. The predicted molar refractivity (Wildman–Crippen MR) is 263 cm³/mol. The lowest BCUT2D eigenvalue weighted by Gasteiger charge is -2.30. The van der Waals surface area contributed by atoms with Crippen LogP contribution in [-0.4, -0.2) is 81.7 Å². The number of aliphatic hydroxyl groups excluding tert-OH is 1. The number of β-amino-alcohol motifs (C(OH)–C–C–N with tert-alkyl or cyclic N) is 1. The average molecular weight is 972 g/mol. The number of nitrogens with zero attached hydrogens (tertiary/aromatic N) is 8. The number of likely N-dealkylation sites (tertiary alicyclic amines) is 1. The van der Waals surface area contributed by atoms with E-state index in [2.05, 4.69) is 44.8 Å². The maximum Gasteiger partial charge on any atom is 0.248 e. The zero-order valence-corrected chi connectivity index (χ0v) is 40.8. The fourth-order valence-electron chi connectivity index (χ4n) is 8.76. The van der Waals surface area contributed by atoms with Gasteiger partial charge in [0.2, 0.25) is 17.7 Å². The van der Waals surface area contributed by atoms with Crippen LogP contribution in [0.2, 0.25) is 5.02 Å². The third-order valence-corrected chi connectivity index (χ3v) is 14.8. The molecule has 3 amide bonds. The number of ether oxygens (including phenoxy) is 1. The first-order valence-electron chi connectivity index (χ1n) is 22.4. The van der Waals surface area contributed by atoms with Crippen molar-refractivity contribution < 1.29 is 24.2 Å². The Morgan fingerprint density at radius 2 is 1.59 bits per heavy atom. The number of rotatable bonds is 14. The van der Waals surface area contributed by atoms with Crippen LogP contribution >= 0.6 is 34.3 Å². The number of benzene rings is 3. The minimum Gasteiger partial charge on any atom is -0.454 e. The minimum absolute atomic E-state index is 0.0401. The van der Waals surface area contributed by atoms with Gasteiger partial charge in [-0.15, -0.1) is 32.9 Å². The lowest BCUT2D eigenvalue weighted by Crippen LogP contribution is -2.49. The van der Waals surface area contributed by atoms with Crippen LogP contribution in [0.4, 0.5) is 0 Å². The van der Waals surface area contributed by atoms with Crippen molar-refractivity contribution in [1.82, 2.24) is 45.1 Å². The smallest absolute Gasteiger partial charge is 0.248 e. The summed E-state index contributed by atoms with van der Waals surface area (Å²) in [6, 6.07) is 20.7. The molecule has 9 rings (SSSR count). The molecule has 2 aliphatic heterocycles. The van der Waals surface area contributed by atoms with Crippen molar-refractivity contribution in [3.63, 3.8) is 0 Å². The largest absolute Gasteiger partial charge is 0.454 e. The third-order valence-electron chi connectivity index (χ3n) is 12.4. The number of halogens is 1. The Balaban J connectivity index is 0.818. The molecule has 2 aliphatic rings. The summed E-state index contributed by atoms with van der Waals surface area (Å²) in [5.41, 5.74) is 9.43. The molecule has 0 aliphatic carbocycles. The van der Waals surface area contributed by atoms with Gasteiger partial charge in [0.05, 0.1) is 46.7 Å². The monoisotopic (exact) mass is 970 g/mol. The molecule has 4 atom stereocenters. The standard InChI is InChI=1S/C50H51ClN10O5S2/c1-27(2)45(49(65)59-24-37(62)19-41(59)48(64)53-22-32-7-11-35(12-8-32)46-29(4)54-26-67-46)60-25-39(23-55-60)66-38-17-9-33(10-18-38)21-52-42(63)20-40-47-58-57-31(6)61(47)50-43(28(3)30(5)68-50)44(56-40)34-13-15-36(51)16-14-34/h7-18,23,25-27,37,40-41,45,62H,19-22,24H2,1-6H3,(H,52,63)(H,53,64)/t37-,40+,41+,45?/m1/s1. The maximum atomic E-state index is 14.2. The van der Waals surface area contributed by atoms with Gasteiger partial charge < -0.3 is 25.4 Å². The first kappa shape index (κ1) is 46.6. The van der Waals surface area contributed by atoms with Gasteiger partial charge in [0, 0.05) is 47.1 Å². The van der Waals surface area contributed by atoms with Crippen LogP contribution in [0.1, 0.15) is 88.8 Å². The van der Waals surface area contributed by atoms with Crippen LogP contribution in [0.25, 0.3) is 15.4 Å². The molecule has 350 valence electrons. The molecular weight excluding hydrogens is 920 g/mol. The molecule has 0 spiro atoms. The zero-order chi connectivity index (χ0) is 47.8. The number of aliphatic hydroxyl groups is 1. The number of hydrogen-bond donors (Lipinski definition) is 3. The van der Waals surface area contributed by atoms with E-state index in [1.807, 2.05) is 98.4 Å². The number of aryl methyl sites for hydroxylation is 3. The molecule has 0 saturated carbocycles. The highest BCUT2D eigenvalue weighted by molar-refractivity contribution is 7.15. The van der Waals surface area contributed by atoms with Gasteiger partial charge in [0.25, 0.3) is 0 Å². The summed E-state index contributed by atoms with van der Waals surface area (Å²) >= 11 is 9.51. The fraction of sp³-hybridized carbons (Fsp3) is 0.320. The van der Waals surface area contributed by atoms with Crippen LogP contribution in [0.3, 0.4) is 0 Å². The zero-order valence-electron chi connectivity index (χ0n) is 38.4. The number of carbonyl (C=O) groups is 3. The van der Waals surface area contributed by atoms with Crippen LogP contribution < -0.4 is 15.4 Å². The third kappa shape index (κ3) is 9.61. The molecule has 6 heterocycles. The predicted octanol–water partition coefficient (Wildman–Crippen LogP) is 8.40. The van der Waals surface area contributed by atoms with Crippen molar-refractivity contribution in [2.75, 3.05) is 6.54 Å². The summed E-state index contributed by atoms with van der Waals surface area (Å²) < 4.78 is 9.74. The number of carbonyl (C=O) groups excluding carboxylic acids is 3. The van der Waals surface area contributed by atoms with E-state index in [1.165, 1.54) is 9.78 Å².